The topological polar surface area (TPSA) is 80.4 Å². The van der Waals surface area contributed by atoms with Gasteiger partial charge < -0.3 is 10.8 Å². The van der Waals surface area contributed by atoms with Crippen LogP contribution in [0.2, 0.25) is 0 Å². The van der Waals surface area contributed by atoms with E-state index in [9.17, 15) is 13.5 Å². The van der Waals surface area contributed by atoms with Gasteiger partial charge in [-0.05, 0) is 12.1 Å². The molecule has 0 fully saturated rings. The number of rotatable bonds is 2. The number of nitrogen functional groups attached to an aromatic ring is 1. The van der Waals surface area contributed by atoms with E-state index in [1.54, 1.807) is 18.2 Å². The van der Waals surface area contributed by atoms with Crippen LogP contribution in [-0.2, 0) is 9.84 Å². The van der Waals surface area contributed by atoms with Gasteiger partial charge in [0.05, 0.1) is 10.6 Å². The number of hydrogen-bond acceptors (Lipinski definition) is 5. The van der Waals surface area contributed by atoms with Crippen LogP contribution in [-0.4, -0.2) is 13.5 Å². The van der Waals surface area contributed by atoms with Crippen molar-refractivity contribution in [2.45, 2.75) is 9.10 Å². The molecule has 2 rings (SSSR count). The zero-order valence-electron chi connectivity index (χ0n) is 8.12. The summed E-state index contributed by atoms with van der Waals surface area (Å²) in [5.41, 5.74) is 5.49. The molecule has 3 N–H and O–H groups in total. The van der Waals surface area contributed by atoms with Crippen LogP contribution in [0.25, 0.3) is 0 Å². The Labute approximate surface area is 96.9 Å². The van der Waals surface area contributed by atoms with Crippen molar-refractivity contribution in [2.24, 2.45) is 0 Å². The maximum Gasteiger partial charge on any atom is 0.219 e. The van der Waals surface area contributed by atoms with Gasteiger partial charge in [-0.2, -0.15) is 0 Å². The van der Waals surface area contributed by atoms with Gasteiger partial charge in [0.2, 0.25) is 9.84 Å². The summed E-state index contributed by atoms with van der Waals surface area (Å²) in [6, 6.07) is 7.93. The zero-order valence-corrected chi connectivity index (χ0v) is 9.75. The summed E-state index contributed by atoms with van der Waals surface area (Å²) < 4.78 is 24.0. The molecular weight excluding hydrogens is 246 g/mol. The summed E-state index contributed by atoms with van der Waals surface area (Å²) in [5, 5.41) is 10.9. The number of hydrogen-bond donors (Lipinski definition) is 2. The predicted octanol–water partition coefficient (Wildman–Crippen LogP) is 1.87. The Morgan fingerprint density at radius 3 is 2.31 bits per heavy atom. The minimum atomic E-state index is -3.66. The van der Waals surface area contributed by atoms with E-state index >= 15 is 0 Å². The molecule has 1 aromatic heterocycles. The molecule has 2 aromatic rings. The third-order valence-corrected chi connectivity index (χ3v) is 5.36. The standard InChI is InChI=1S/C10H9NO3S2/c11-8-6-15-10(9(8)12)16(13,14)7-4-2-1-3-5-7/h1-6,12H,11H2. The lowest BCUT2D eigenvalue weighted by molar-refractivity contribution is 0.466. The van der Waals surface area contributed by atoms with Gasteiger partial charge in [0.25, 0.3) is 0 Å². The molecule has 0 saturated carbocycles. The number of anilines is 1. The number of sulfone groups is 1. The highest BCUT2D eigenvalue weighted by molar-refractivity contribution is 7.93. The van der Waals surface area contributed by atoms with Crippen LogP contribution in [0.5, 0.6) is 5.75 Å². The molecule has 0 bridgehead atoms. The minimum absolute atomic E-state index is 0.0829. The van der Waals surface area contributed by atoms with Crippen molar-refractivity contribution < 1.29 is 13.5 Å². The van der Waals surface area contributed by atoms with Crippen molar-refractivity contribution in [3.8, 4) is 5.75 Å². The van der Waals surface area contributed by atoms with E-state index in [4.69, 9.17) is 5.73 Å². The molecule has 0 amide bonds. The largest absolute Gasteiger partial charge is 0.504 e. The molecule has 6 heteroatoms. The highest BCUT2D eigenvalue weighted by Crippen LogP contribution is 2.38. The first-order valence-electron chi connectivity index (χ1n) is 4.39. The van der Waals surface area contributed by atoms with Crippen molar-refractivity contribution in [3.63, 3.8) is 0 Å². The number of nitrogens with two attached hydrogens (primary N) is 1. The Balaban J connectivity index is 2.61. The van der Waals surface area contributed by atoms with Crippen LogP contribution in [0.1, 0.15) is 0 Å². The fourth-order valence-corrected chi connectivity index (χ4v) is 3.86. The number of aromatic hydroxyl groups is 1. The minimum Gasteiger partial charge on any atom is -0.504 e. The van der Waals surface area contributed by atoms with Crippen molar-refractivity contribution in [1.82, 2.24) is 0 Å². The van der Waals surface area contributed by atoms with Crippen molar-refractivity contribution in [2.75, 3.05) is 5.73 Å². The molecule has 1 aromatic carbocycles. The summed E-state index contributed by atoms with van der Waals surface area (Å²) in [4.78, 5) is 0.146. The monoisotopic (exact) mass is 255 g/mol. The molecule has 84 valence electrons. The van der Waals surface area contributed by atoms with E-state index in [2.05, 4.69) is 0 Å². The Morgan fingerprint density at radius 1 is 1.19 bits per heavy atom. The van der Waals surface area contributed by atoms with Crippen LogP contribution < -0.4 is 5.73 Å². The Hall–Kier alpha value is -1.53. The van der Waals surface area contributed by atoms with Crippen LogP contribution in [0, 0.1) is 0 Å². The Bertz CT molecular complexity index is 602. The summed E-state index contributed by atoms with van der Waals surface area (Å²) in [7, 11) is -3.66. The Kier molecular flexibility index (Phi) is 2.61. The number of benzene rings is 1. The lowest BCUT2D eigenvalue weighted by Crippen LogP contribution is -1.99. The van der Waals surface area contributed by atoms with Gasteiger partial charge in [-0.15, -0.1) is 11.3 Å². The van der Waals surface area contributed by atoms with Gasteiger partial charge in [0.1, 0.15) is 0 Å². The maximum absolute atomic E-state index is 12.1. The normalized spacial score (nSPS) is 11.5. The quantitative estimate of drug-likeness (QED) is 0.858. The molecule has 16 heavy (non-hydrogen) atoms. The van der Waals surface area contributed by atoms with Crippen LogP contribution in [0.4, 0.5) is 5.69 Å². The Morgan fingerprint density at radius 2 is 1.81 bits per heavy atom. The highest BCUT2D eigenvalue weighted by Gasteiger charge is 2.24. The van der Waals surface area contributed by atoms with Crippen LogP contribution >= 0.6 is 11.3 Å². The average molecular weight is 255 g/mol. The van der Waals surface area contributed by atoms with Gasteiger partial charge in [0.15, 0.2) is 9.96 Å². The third-order valence-electron chi connectivity index (χ3n) is 2.06. The highest BCUT2D eigenvalue weighted by atomic mass is 32.2. The van der Waals surface area contributed by atoms with Crippen LogP contribution in [0.3, 0.4) is 0 Å². The molecule has 0 atom stereocenters. The summed E-state index contributed by atoms with van der Waals surface area (Å²) in [6.07, 6.45) is 0. The van der Waals surface area contributed by atoms with Crippen LogP contribution in [0.15, 0.2) is 44.8 Å². The molecular formula is C10H9NO3S2. The molecule has 0 aliphatic rings. The predicted molar refractivity (Wildman–Crippen MR) is 62.3 cm³/mol. The lowest BCUT2D eigenvalue weighted by Gasteiger charge is -2.02. The van der Waals surface area contributed by atoms with Crippen molar-refractivity contribution >= 4 is 26.9 Å². The second kappa shape index (κ2) is 3.80. The summed E-state index contributed by atoms with van der Waals surface area (Å²) >= 11 is 0.915. The molecule has 0 unspecified atom stereocenters. The van der Waals surface area contributed by atoms with E-state index in [1.165, 1.54) is 17.5 Å². The summed E-state index contributed by atoms with van der Waals surface area (Å²) in [5.74, 6) is -0.367. The fraction of sp³-hybridized carbons (Fsp3) is 0. The van der Waals surface area contributed by atoms with E-state index < -0.39 is 9.84 Å². The first-order chi connectivity index (χ1) is 7.53. The average Bonchev–Trinajstić information content (AvgIpc) is 2.61. The zero-order chi connectivity index (χ0) is 11.8. The molecule has 0 radical (unpaired) electrons. The molecule has 1 heterocycles. The van der Waals surface area contributed by atoms with E-state index in [1.807, 2.05) is 0 Å². The molecule has 0 saturated heterocycles. The number of thiophene rings is 1. The second-order valence-corrected chi connectivity index (χ2v) is 6.17. The van der Waals surface area contributed by atoms with E-state index in [0.29, 0.717) is 0 Å². The van der Waals surface area contributed by atoms with E-state index in [0.717, 1.165) is 11.3 Å². The molecule has 0 aliphatic heterocycles. The smallest absolute Gasteiger partial charge is 0.219 e. The summed E-state index contributed by atoms with van der Waals surface area (Å²) in [6.45, 7) is 0. The second-order valence-electron chi connectivity index (χ2n) is 3.14. The first kappa shape index (κ1) is 11.0. The molecule has 4 nitrogen and oxygen atoms in total. The molecule has 0 spiro atoms. The van der Waals surface area contributed by atoms with Gasteiger partial charge in [-0.3, -0.25) is 0 Å². The van der Waals surface area contributed by atoms with Crippen molar-refractivity contribution in [3.05, 3.63) is 35.7 Å². The van der Waals surface area contributed by atoms with Gasteiger partial charge in [0, 0.05) is 5.38 Å². The first-order valence-corrected chi connectivity index (χ1v) is 6.76. The van der Waals surface area contributed by atoms with E-state index in [-0.39, 0.29) is 20.5 Å². The fourth-order valence-electron chi connectivity index (χ4n) is 1.24. The lowest BCUT2D eigenvalue weighted by atomic mass is 10.4. The molecule has 0 aliphatic carbocycles. The van der Waals surface area contributed by atoms with Gasteiger partial charge in [-0.1, -0.05) is 18.2 Å². The van der Waals surface area contributed by atoms with Gasteiger partial charge in [-0.25, -0.2) is 8.42 Å². The third kappa shape index (κ3) is 1.66. The SMILES string of the molecule is Nc1csc(S(=O)(=O)c2ccccc2)c1O. The maximum atomic E-state index is 12.1. The van der Waals surface area contributed by atoms with Gasteiger partial charge >= 0.3 is 0 Å². The van der Waals surface area contributed by atoms with Crippen molar-refractivity contribution in [1.29, 1.82) is 0 Å².